The van der Waals surface area contributed by atoms with Gasteiger partial charge < -0.3 is 108 Å². The van der Waals surface area contributed by atoms with Crippen LogP contribution in [0.15, 0.2) is 64.6 Å². The number of phenols is 1. The number of phenolic OH excluding ortho intramolecular Hbond substituents is 1. The number of nitrogens with zero attached hydrogens (tertiary/aromatic N) is 3. The van der Waals surface area contributed by atoms with Gasteiger partial charge in [-0.25, -0.2) is 4.79 Å². The number of hydrogen-bond donors (Lipinski definition) is 19. The molecule has 0 saturated carbocycles. The molecule has 34 nitrogen and oxygen atoms in total. The number of carbonyl (C=O) groups is 12. The lowest BCUT2D eigenvalue weighted by Gasteiger charge is -2.32. The van der Waals surface area contributed by atoms with Gasteiger partial charge in [-0.05, 0) is 138 Å². The van der Waals surface area contributed by atoms with Crippen LogP contribution in [0.5, 0.6) is 5.75 Å². The van der Waals surface area contributed by atoms with E-state index in [9.17, 15) is 72.9 Å². The highest BCUT2D eigenvalue weighted by Crippen LogP contribution is 2.22. The smallest absolute Gasteiger partial charge is 0.326 e. The Morgan fingerprint density at radius 3 is 1.60 bits per heavy atom. The number of unbranched alkanes of at least 4 members (excludes halogenated alkanes) is 2. The number of benzene rings is 2. The number of aliphatic imine (C=N–C) groups is 2. The number of nitrogens with one attached hydrogen (secondary N) is 9. The molecule has 0 aliphatic carbocycles. The van der Waals surface area contributed by atoms with Gasteiger partial charge in [-0.1, -0.05) is 76.6 Å². The third kappa shape index (κ3) is 31.1. The van der Waals surface area contributed by atoms with Gasteiger partial charge in [0.05, 0.1) is 19.0 Å². The number of likely N-dealkylation sites (tertiary alicyclic amines) is 1. The summed E-state index contributed by atoms with van der Waals surface area (Å²) in [6.45, 7) is 6.90. The Balaban J connectivity index is 1.95. The highest BCUT2D eigenvalue weighted by molar-refractivity contribution is 5.99. The van der Waals surface area contributed by atoms with Crippen molar-refractivity contribution in [1.82, 2.24) is 52.8 Å². The van der Waals surface area contributed by atoms with Crippen molar-refractivity contribution in [3.63, 3.8) is 0 Å². The van der Waals surface area contributed by atoms with E-state index in [1.165, 1.54) is 17.0 Å². The molecule has 0 bridgehead atoms. The standard InChI is InChI=1S/C65H105N19O15/c1-5-38(4)53(61(96)79-45(21-14-30-74-65(71)72)62(97)84-31-15-22-50(84)60(95)80-46(63(98)99)19-10-12-28-67)83-56(91)44(20-13-29-73-64(69)70)77-55(90)43(18-9-11-27-66)78-57(92)47(32-37(2)3)81-58(93)48(34-39-16-7-6-8-17-39)82-59(94)49(35-52(87)88)76-51(86)36-75-54(89)42(68)33-40-23-25-41(85)26-24-40/h6-8,16-17,23-26,37-38,42-50,53,85H,5,9-15,18-22,27-36,66-68H2,1-4H3,(H,75,89)(H,76,86)(H,77,90)(H,78,92)(H,79,96)(H,80,95)(H,81,93)(H,82,94)(H,83,91)(H,87,88)(H,98,99)(H4,69,70,73)(H4,71,72,74)/t38-,42-,43-,44-,45-,46-,47-,48-,49+,50-,53-/m0/s1. The summed E-state index contributed by atoms with van der Waals surface area (Å²) in [5, 5.41) is 52.7. The topological polar surface area (TPSA) is 584 Å². The fraction of sp³-hybridized carbons (Fsp3) is 0.600. The number of nitrogens with two attached hydrogens (primary N) is 7. The highest BCUT2D eigenvalue weighted by atomic mass is 16.4. The number of carboxylic acids is 2. The first-order valence-electron chi connectivity index (χ1n) is 33.5. The van der Waals surface area contributed by atoms with E-state index in [0.29, 0.717) is 49.8 Å². The number of carbonyl (C=O) groups excluding carboxylic acids is 10. The average Bonchev–Trinajstić information content (AvgIpc) is 1.74. The summed E-state index contributed by atoms with van der Waals surface area (Å²) >= 11 is 0. The Hall–Kier alpha value is -9.70. The van der Waals surface area contributed by atoms with Gasteiger partial charge in [0.2, 0.25) is 59.1 Å². The van der Waals surface area contributed by atoms with Gasteiger partial charge in [0.25, 0.3) is 0 Å². The largest absolute Gasteiger partial charge is 0.508 e. The number of aliphatic carboxylic acids is 2. The molecule has 1 saturated heterocycles. The summed E-state index contributed by atoms with van der Waals surface area (Å²) in [7, 11) is 0. The summed E-state index contributed by atoms with van der Waals surface area (Å²) in [4.78, 5) is 175. The lowest BCUT2D eigenvalue weighted by Crippen LogP contribution is -2.61. The minimum atomic E-state index is -1.79. The predicted molar refractivity (Wildman–Crippen MR) is 368 cm³/mol. The van der Waals surface area contributed by atoms with Gasteiger partial charge >= 0.3 is 11.9 Å². The molecule has 34 heteroatoms. The van der Waals surface area contributed by atoms with Gasteiger partial charge in [-0.2, -0.15) is 0 Å². The van der Waals surface area contributed by atoms with Crippen LogP contribution in [-0.4, -0.2) is 203 Å². The van der Waals surface area contributed by atoms with Crippen LogP contribution in [-0.2, 0) is 70.4 Å². The number of hydrogen-bond acceptors (Lipinski definition) is 18. The highest BCUT2D eigenvalue weighted by Gasteiger charge is 2.41. The van der Waals surface area contributed by atoms with Crippen LogP contribution in [0.3, 0.4) is 0 Å². The number of aromatic hydroxyl groups is 1. The number of rotatable bonds is 46. The van der Waals surface area contributed by atoms with Crippen molar-refractivity contribution < 1.29 is 72.9 Å². The molecule has 1 aliphatic heterocycles. The molecule has 11 atom stereocenters. The second kappa shape index (κ2) is 44.3. The SMILES string of the molecule is CC[C@H](C)[C@H](NC(=O)[C@H](CCCN=C(N)N)NC(=O)[C@H](CCCCN)NC(=O)[C@H](CC(C)C)NC(=O)[C@H](Cc1ccccc1)NC(=O)[C@@H](CC(=O)O)NC(=O)CNC(=O)[C@@H](N)Cc1ccc(O)cc1)C(=O)N[C@@H](CCCN=C(N)N)C(=O)N1CCC[C@H]1C(=O)N[C@@H](CCCCN)C(=O)O. The van der Waals surface area contributed by atoms with E-state index >= 15 is 0 Å². The molecule has 2 aromatic carbocycles. The molecule has 2 aromatic rings. The van der Waals surface area contributed by atoms with E-state index in [2.05, 4.69) is 57.8 Å². The van der Waals surface area contributed by atoms with E-state index in [1.54, 1.807) is 70.2 Å². The maximum atomic E-state index is 14.7. The summed E-state index contributed by atoms with van der Waals surface area (Å²) in [5.74, 6) is -12.6. The van der Waals surface area contributed by atoms with Crippen molar-refractivity contribution in [1.29, 1.82) is 0 Å². The minimum absolute atomic E-state index is 0.0000333. The Labute approximate surface area is 576 Å². The molecule has 0 radical (unpaired) electrons. The summed E-state index contributed by atoms with van der Waals surface area (Å²) in [6, 6.07) is 0.595. The van der Waals surface area contributed by atoms with Crippen molar-refractivity contribution in [2.75, 3.05) is 39.3 Å². The van der Waals surface area contributed by atoms with E-state index in [1.807, 2.05) is 0 Å². The van der Waals surface area contributed by atoms with Crippen molar-refractivity contribution in [2.24, 2.45) is 62.0 Å². The molecule has 26 N–H and O–H groups in total. The molecular formula is C65H105N19O15. The lowest BCUT2D eigenvalue weighted by atomic mass is 9.96. The van der Waals surface area contributed by atoms with Crippen molar-refractivity contribution >= 4 is 82.9 Å². The second-order valence-corrected chi connectivity index (χ2v) is 25.0. The van der Waals surface area contributed by atoms with Crippen LogP contribution in [0.4, 0.5) is 0 Å². The molecule has 550 valence electrons. The summed E-state index contributed by atoms with van der Waals surface area (Å²) in [6.07, 6.45) is 1.52. The zero-order valence-corrected chi connectivity index (χ0v) is 57.0. The number of guanidine groups is 2. The van der Waals surface area contributed by atoms with Gasteiger partial charge in [0.15, 0.2) is 11.9 Å². The molecule has 3 rings (SSSR count). The Bertz CT molecular complexity index is 3040. The van der Waals surface area contributed by atoms with Gasteiger partial charge in [0.1, 0.15) is 60.1 Å². The Kier molecular flexibility index (Phi) is 37.3. The van der Waals surface area contributed by atoms with Crippen molar-refractivity contribution in [2.45, 2.75) is 197 Å². The van der Waals surface area contributed by atoms with Crippen LogP contribution in [0.2, 0.25) is 0 Å². The van der Waals surface area contributed by atoms with Gasteiger partial charge in [-0.3, -0.25) is 62.7 Å². The maximum Gasteiger partial charge on any atom is 0.326 e. The minimum Gasteiger partial charge on any atom is -0.508 e. The van der Waals surface area contributed by atoms with Crippen LogP contribution in [0.1, 0.15) is 135 Å². The monoisotopic (exact) mass is 1390 g/mol. The predicted octanol–water partition coefficient (Wildman–Crippen LogP) is -3.49. The molecule has 0 unspecified atom stereocenters. The molecular weight excluding hydrogens is 1290 g/mol. The zero-order valence-electron chi connectivity index (χ0n) is 57.0. The molecule has 1 aliphatic rings. The fourth-order valence-corrected chi connectivity index (χ4v) is 10.8. The third-order valence-corrected chi connectivity index (χ3v) is 16.3. The van der Waals surface area contributed by atoms with E-state index in [4.69, 9.17) is 40.1 Å². The lowest BCUT2D eigenvalue weighted by molar-refractivity contribution is -0.145. The molecule has 10 amide bonds. The molecule has 1 heterocycles. The summed E-state index contributed by atoms with van der Waals surface area (Å²) in [5.41, 5.74) is 41.0. The number of carboxylic acid groups (broad SMARTS) is 2. The van der Waals surface area contributed by atoms with Crippen molar-refractivity contribution in [3.05, 3.63) is 65.7 Å². The first-order valence-corrected chi connectivity index (χ1v) is 33.5. The van der Waals surface area contributed by atoms with E-state index in [0.717, 1.165) is 0 Å². The quantitative estimate of drug-likeness (QED) is 0.0174. The van der Waals surface area contributed by atoms with E-state index in [-0.39, 0.29) is 120 Å². The normalized spacial score (nSPS) is 15.6. The average molecular weight is 1390 g/mol. The maximum absolute atomic E-state index is 14.7. The van der Waals surface area contributed by atoms with Crippen molar-refractivity contribution in [3.8, 4) is 5.75 Å². The van der Waals surface area contributed by atoms with Gasteiger partial charge in [0, 0.05) is 26.1 Å². The first kappa shape index (κ1) is 83.5. The molecule has 1 fully saturated rings. The Morgan fingerprint density at radius 2 is 1.05 bits per heavy atom. The number of amides is 10. The second-order valence-electron chi connectivity index (χ2n) is 25.0. The van der Waals surface area contributed by atoms with Crippen LogP contribution < -0.4 is 88.0 Å². The van der Waals surface area contributed by atoms with Crippen LogP contribution in [0, 0.1) is 11.8 Å². The Morgan fingerprint density at radius 1 is 0.556 bits per heavy atom. The summed E-state index contributed by atoms with van der Waals surface area (Å²) < 4.78 is 0. The first-order chi connectivity index (χ1) is 47.0. The zero-order chi connectivity index (χ0) is 73.7. The van der Waals surface area contributed by atoms with E-state index < -0.39 is 150 Å². The molecule has 99 heavy (non-hydrogen) atoms. The third-order valence-electron chi connectivity index (χ3n) is 16.3. The van der Waals surface area contributed by atoms with Gasteiger partial charge in [-0.15, -0.1) is 0 Å². The fourth-order valence-electron chi connectivity index (χ4n) is 10.8. The van der Waals surface area contributed by atoms with Crippen LogP contribution >= 0.6 is 0 Å². The molecule has 0 spiro atoms. The van der Waals surface area contributed by atoms with Crippen LogP contribution in [0.25, 0.3) is 0 Å². The molecule has 0 aromatic heterocycles.